The summed E-state index contributed by atoms with van der Waals surface area (Å²) in [4.78, 5) is 0. The third kappa shape index (κ3) is 4.38. The first-order valence-corrected chi connectivity index (χ1v) is 7.52. The van der Waals surface area contributed by atoms with Crippen molar-refractivity contribution >= 4 is 5.69 Å². The minimum Gasteiger partial charge on any atom is -0.396 e. The number of hydrogen-bond acceptors (Lipinski definition) is 4. The summed E-state index contributed by atoms with van der Waals surface area (Å²) in [7, 11) is 0. The Hall–Kier alpha value is -1.21. The molecule has 2 rings (SSSR count). The molecule has 0 aromatic carbocycles. The highest BCUT2D eigenvalue weighted by molar-refractivity contribution is 5.41. The number of halogens is 2. The van der Waals surface area contributed by atoms with Gasteiger partial charge in [0.25, 0.3) is 6.43 Å². The third-order valence-electron chi connectivity index (χ3n) is 4.03. The molecule has 21 heavy (non-hydrogen) atoms. The van der Waals surface area contributed by atoms with E-state index in [-0.39, 0.29) is 17.4 Å². The van der Waals surface area contributed by atoms with E-state index in [1.165, 1.54) is 6.20 Å². The Kier molecular flexibility index (Phi) is 5.93. The van der Waals surface area contributed by atoms with Crippen LogP contribution in [0.1, 0.15) is 50.3 Å². The van der Waals surface area contributed by atoms with E-state index in [1.807, 2.05) is 0 Å². The van der Waals surface area contributed by atoms with E-state index in [9.17, 15) is 8.78 Å². The van der Waals surface area contributed by atoms with Gasteiger partial charge in [-0.3, -0.25) is 4.68 Å². The second kappa shape index (κ2) is 7.70. The number of anilines is 1. The van der Waals surface area contributed by atoms with Gasteiger partial charge in [0.15, 0.2) is 5.69 Å². The molecule has 1 saturated carbocycles. The van der Waals surface area contributed by atoms with Gasteiger partial charge in [0.05, 0.1) is 11.7 Å². The van der Waals surface area contributed by atoms with Gasteiger partial charge in [-0.05, 0) is 44.6 Å². The van der Waals surface area contributed by atoms with Crippen molar-refractivity contribution in [2.75, 3.05) is 25.5 Å². The third-order valence-corrected chi connectivity index (χ3v) is 4.03. The Balaban J connectivity index is 1.79. The van der Waals surface area contributed by atoms with Gasteiger partial charge in [-0.15, -0.1) is 0 Å². The summed E-state index contributed by atoms with van der Waals surface area (Å²) in [5.74, 6) is 0.543. The Morgan fingerprint density at radius 3 is 2.62 bits per heavy atom. The predicted molar refractivity (Wildman–Crippen MR) is 77.1 cm³/mol. The summed E-state index contributed by atoms with van der Waals surface area (Å²) in [5.41, 5.74) is 10.8. The summed E-state index contributed by atoms with van der Waals surface area (Å²) in [5, 5.41) is 3.94. The summed E-state index contributed by atoms with van der Waals surface area (Å²) in [6.07, 6.45) is 3.71. The van der Waals surface area contributed by atoms with Crippen LogP contribution in [0, 0.1) is 5.92 Å². The number of aromatic nitrogens is 2. The van der Waals surface area contributed by atoms with Crippen LogP contribution in [0.2, 0.25) is 0 Å². The van der Waals surface area contributed by atoms with E-state index < -0.39 is 6.43 Å². The molecule has 1 aliphatic rings. The lowest BCUT2D eigenvalue weighted by molar-refractivity contribution is 0.0768. The maximum atomic E-state index is 12.7. The molecule has 7 heteroatoms. The van der Waals surface area contributed by atoms with Gasteiger partial charge in [-0.25, -0.2) is 8.78 Å². The fraction of sp³-hybridized carbons (Fsp3) is 0.786. The van der Waals surface area contributed by atoms with Crippen LogP contribution in [0.4, 0.5) is 14.5 Å². The summed E-state index contributed by atoms with van der Waals surface area (Å²) in [6, 6.07) is 0.167. The molecule has 0 saturated heterocycles. The molecule has 0 amide bonds. The minimum absolute atomic E-state index is 0.0808. The fourth-order valence-electron chi connectivity index (χ4n) is 2.79. The number of nitrogens with zero attached hydrogens (tertiary/aromatic N) is 2. The van der Waals surface area contributed by atoms with Crippen LogP contribution in [0.5, 0.6) is 0 Å². The molecule has 0 unspecified atom stereocenters. The molecule has 0 aliphatic heterocycles. The van der Waals surface area contributed by atoms with Crippen LogP contribution in [0.3, 0.4) is 0 Å². The highest BCUT2D eigenvalue weighted by Gasteiger charge is 2.25. The molecule has 4 N–H and O–H groups in total. The molecule has 5 nitrogen and oxygen atoms in total. The Bertz CT molecular complexity index is 431. The lowest BCUT2D eigenvalue weighted by Crippen LogP contribution is -2.22. The van der Waals surface area contributed by atoms with Crippen molar-refractivity contribution in [3.05, 3.63) is 11.9 Å². The lowest BCUT2D eigenvalue weighted by Gasteiger charge is -2.28. The van der Waals surface area contributed by atoms with E-state index in [0.717, 1.165) is 38.7 Å². The summed E-state index contributed by atoms with van der Waals surface area (Å²) < 4.78 is 32.6. The zero-order chi connectivity index (χ0) is 15.2. The van der Waals surface area contributed by atoms with Gasteiger partial charge < -0.3 is 16.2 Å². The van der Waals surface area contributed by atoms with Crippen LogP contribution in [-0.4, -0.2) is 29.5 Å². The SMILES string of the molecule is NCCCOCC1CCC(n2cc(N)c(C(F)F)n2)CC1. The molecule has 1 aromatic rings. The van der Waals surface area contributed by atoms with Gasteiger partial charge in [0.1, 0.15) is 0 Å². The first-order chi connectivity index (χ1) is 10.1. The van der Waals surface area contributed by atoms with Crippen LogP contribution >= 0.6 is 0 Å². The van der Waals surface area contributed by atoms with Crippen LogP contribution in [0.15, 0.2) is 6.20 Å². The zero-order valence-corrected chi connectivity index (χ0v) is 12.2. The number of hydrogen-bond donors (Lipinski definition) is 2. The van der Waals surface area contributed by atoms with Crippen molar-refractivity contribution in [2.24, 2.45) is 11.7 Å². The lowest BCUT2D eigenvalue weighted by atomic mass is 9.86. The van der Waals surface area contributed by atoms with Gasteiger partial charge in [0.2, 0.25) is 0 Å². The molecular weight excluding hydrogens is 278 g/mol. The maximum Gasteiger partial charge on any atom is 0.284 e. The molecule has 1 heterocycles. The second-order valence-electron chi connectivity index (χ2n) is 5.64. The quantitative estimate of drug-likeness (QED) is 0.758. The highest BCUT2D eigenvalue weighted by Crippen LogP contribution is 2.34. The molecule has 0 bridgehead atoms. The Morgan fingerprint density at radius 1 is 1.33 bits per heavy atom. The Morgan fingerprint density at radius 2 is 2.05 bits per heavy atom. The van der Waals surface area contributed by atoms with Crippen LogP contribution in [0.25, 0.3) is 0 Å². The average molecular weight is 302 g/mol. The number of nitrogen functional groups attached to an aromatic ring is 1. The molecule has 1 aromatic heterocycles. The molecule has 0 radical (unpaired) electrons. The van der Waals surface area contributed by atoms with Crippen molar-refractivity contribution < 1.29 is 13.5 Å². The zero-order valence-electron chi connectivity index (χ0n) is 12.2. The van der Waals surface area contributed by atoms with Crippen LogP contribution < -0.4 is 11.5 Å². The van der Waals surface area contributed by atoms with Gasteiger partial charge in [-0.2, -0.15) is 5.10 Å². The van der Waals surface area contributed by atoms with E-state index in [4.69, 9.17) is 16.2 Å². The van der Waals surface area contributed by atoms with Gasteiger partial charge in [-0.1, -0.05) is 0 Å². The van der Waals surface area contributed by atoms with Crippen molar-refractivity contribution in [3.63, 3.8) is 0 Å². The first-order valence-electron chi connectivity index (χ1n) is 7.52. The number of nitrogens with two attached hydrogens (primary N) is 2. The summed E-state index contributed by atoms with van der Waals surface area (Å²) in [6.45, 7) is 2.13. The van der Waals surface area contributed by atoms with Crippen molar-refractivity contribution in [1.82, 2.24) is 9.78 Å². The summed E-state index contributed by atoms with van der Waals surface area (Å²) >= 11 is 0. The van der Waals surface area contributed by atoms with E-state index >= 15 is 0 Å². The standard InChI is InChI=1S/C14H24F2N4O/c15-14(16)13-12(18)8-20(19-13)11-4-2-10(3-5-11)9-21-7-1-6-17/h8,10-11,14H,1-7,9,17-18H2. The van der Waals surface area contributed by atoms with E-state index in [0.29, 0.717) is 19.1 Å². The van der Waals surface area contributed by atoms with Gasteiger partial charge >= 0.3 is 0 Å². The number of alkyl halides is 2. The molecule has 1 aliphatic carbocycles. The normalized spacial score (nSPS) is 22.9. The first kappa shape index (κ1) is 16.2. The molecule has 120 valence electrons. The van der Waals surface area contributed by atoms with E-state index in [1.54, 1.807) is 4.68 Å². The minimum atomic E-state index is -2.61. The molecule has 1 fully saturated rings. The molecule has 0 atom stereocenters. The molecular formula is C14H24F2N4O. The average Bonchev–Trinajstić information content (AvgIpc) is 2.86. The number of ether oxygens (including phenoxy) is 1. The smallest absolute Gasteiger partial charge is 0.284 e. The van der Waals surface area contributed by atoms with Crippen molar-refractivity contribution in [2.45, 2.75) is 44.6 Å². The Labute approximate surface area is 123 Å². The maximum absolute atomic E-state index is 12.7. The number of rotatable bonds is 7. The second-order valence-corrected chi connectivity index (χ2v) is 5.64. The topological polar surface area (TPSA) is 79.1 Å². The monoisotopic (exact) mass is 302 g/mol. The fourth-order valence-corrected chi connectivity index (χ4v) is 2.79. The van der Waals surface area contributed by atoms with Crippen molar-refractivity contribution in [1.29, 1.82) is 0 Å². The largest absolute Gasteiger partial charge is 0.396 e. The van der Waals surface area contributed by atoms with Crippen LogP contribution in [-0.2, 0) is 4.74 Å². The van der Waals surface area contributed by atoms with Gasteiger partial charge in [0, 0.05) is 19.4 Å². The van der Waals surface area contributed by atoms with Crippen molar-refractivity contribution in [3.8, 4) is 0 Å². The van der Waals surface area contributed by atoms with E-state index in [2.05, 4.69) is 5.10 Å². The highest BCUT2D eigenvalue weighted by atomic mass is 19.3. The predicted octanol–water partition coefficient (Wildman–Crippen LogP) is 2.50. The molecule has 0 spiro atoms.